The molecule has 0 spiro atoms. The zero-order chi connectivity index (χ0) is 29.5. The summed E-state index contributed by atoms with van der Waals surface area (Å²) in [5, 5.41) is 7.23. The molecule has 1 aliphatic rings. The molecule has 1 saturated carbocycles. The smallest absolute Gasteiger partial charge is 0.414 e. The Kier molecular flexibility index (Phi) is 8.29. The average Bonchev–Trinajstić information content (AvgIpc) is 3.25. The van der Waals surface area contributed by atoms with E-state index in [9.17, 15) is 18.0 Å². The lowest BCUT2D eigenvalue weighted by Crippen LogP contribution is -2.44. The number of pyridine rings is 2. The number of amides is 1. The van der Waals surface area contributed by atoms with Crippen molar-refractivity contribution in [1.82, 2.24) is 19.7 Å². The molecule has 7 nitrogen and oxygen atoms in total. The van der Waals surface area contributed by atoms with E-state index in [1.54, 1.807) is 13.1 Å². The lowest BCUT2D eigenvalue weighted by atomic mass is 9.84. The van der Waals surface area contributed by atoms with Crippen LogP contribution in [0.4, 0.5) is 18.9 Å². The Morgan fingerprint density at radius 3 is 2.25 bits per heavy atom. The zero-order valence-electron chi connectivity index (χ0n) is 24.2. The molecule has 0 bridgehead atoms. The van der Waals surface area contributed by atoms with E-state index >= 15 is 0 Å². The summed E-state index contributed by atoms with van der Waals surface area (Å²) < 4.78 is 46.5. The Labute approximate surface area is 234 Å². The predicted molar refractivity (Wildman–Crippen MR) is 151 cm³/mol. The van der Waals surface area contributed by atoms with Crippen molar-refractivity contribution in [3.05, 3.63) is 64.9 Å². The number of carbonyl (C=O) groups excluding carboxylic acids is 1. The maximum absolute atomic E-state index is 13.0. The molecule has 0 saturated heterocycles. The normalized spacial score (nSPS) is 18.6. The van der Waals surface area contributed by atoms with E-state index in [-0.39, 0.29) is 16.8 Å². The standard InChI is InChI=1S/C29H38F3N5O2Si/c1-18-14-22(16-34-26(18)20-8-11-23(12-9-20)39-40(6,7)28(3,4)5)36-27(38)24-17-35-37(19(24)2)25-13-10-21(15-33-25)29(30,31)32/h10,13-17,20,23H,8-9,11-12H2,1-7H3,(H,36,38). The highest BCUT2D eigenvalue weighted by Gasteiger charge is 2.40. The molecule has 1 fully saturated rings. The molecule has 11 heteroatoms. The largest absolute Gasteiger partial charge is 0.417 e. The van der Waals surface area contributed by atoms with Gasteiger partial charge in [0.05, 0.1) is 34.9 Å². The number of rotatable bonds is 6. The van der Waals surface area contributed by atoms with Gasteiger partial charge in [0.1, 0.15) is 0 Å². The highest BCUT2D eigenvalue weighted by atomic mass is 28.4. The number of hydrogen-bond donors (Lipinski definition) is 1. The quantitative estimate of drug-likeness (QED) is 0.307. The zero-order valence-corrected chi connectivity index (χ0v) is 25.2. The van der Waals surface area contributed by atoms with Crippen molar-refractivity contribution in [2.45, 2.75) is 96.6 Å². The van der Waals surface area contributed by atoms with E-state index in [0.717, 1.165) is 49.2 Å². The molecule has 0 aromatic carbocycles. The van der Waals surface area contributed by atoms with Gasteiger partial charge < -0.3 is 9.74 Å². The van der Waals surface area contributed by atoms with Crippen LogP contribution in [0.1, 0.15) is 85.2 Å². The van der Waals surface area contributed by atoms with Gasteiger partial charge in [-0.2, -0.15) is 18.3 Å². The Bertz CT molecular complexity index is 1360. The van der Waals surface area contributed by atoms with Crippen molar-refractivity contribution in [3.63, 3.8) is 0 Å². The fourth-order valence-electron chi connectivity index (χ4n) is 4.87. The first-order valence-electron chi connectivity index (χ1n) is 13.6. The molecule has 3 aromatic heterocycles. The number of hydrogen-bond acceptors (Lipinski definition) is 5. The maximum Gasteiger partial charge on any atom is 0.417 e. The summed E-state index contributed by atoms with van der Waals surface area (Å²) in [6, 6.07) is 4.09. The second kappa shape index (κ2) is 11.1. The van der Waals surface area contributed by atoms with Gasteiger partial charge in [0.15, 0.2) is 14.1 Å². The van der Waals surface area contributed by atoms with Crippen LogP contribution in [-0.2, 0) is 10.6 Å². The van der Waals surface area contributed by atoms with Crippen LogP contribution in [0.2, 0.25) is 18.1 Å². The molecule has 1 aliphatic carbocycles. The van der Waals surface area contributed by atoms with Crippen molar-refractivity contribution in [2.75, 3.05) is 5.32 Å². The van der Waals surface area contributed by atoms with E-state index in [0.29, 0.717) is 29.0 Å². The fourth-order valence-corrected chi connectivity index (χ4v) is 6.29. The van der Waals surface area contributed by atoms with Crippen LogP contribution < -0.4 is 5.32 Å². The van der Waals surface area contributed by atoms with Crippen LogP contribution in [0.25, 0.3) is 5.82 Å². The van der Waals surface area contributed by atoms with Crippen LogP contribution in [0.3, 0.4) is 0 Å². The van der Waals surface area contributed by atoms with E-state index in [4.69, 9.17) is 9.41 Å². The first-order valence-corrected chi connectivity index (χ1v) is 16.5. The number of nitrogens with zero attached hydrogens (tertiary/aromatic N) is 4. The molecule has 216 valence electrons. The lowest BCUT2D eigenvalue weighted by Gasteiger charge is -2.41. The predicted octanol–water partition coefficient (Wildman–Crippen LogP) is 7.60. The van der Waals surface area contributed by atoms with Crippen molar-refractivity contribution in [3.8, 4) is 5.82 Å². The summed E-state index contributed by atoms with van der Waals surface area (Å²) >= 11 is 0. The first-order chi connectivity index (χ1) is 18.6. The van der Waals surface area contributed by atoms with Crippen molar-refractivity contribution in [1.29, 1.82) is 0 Å². The minimum atomic E-state index is -4.48. The summed E-state index contributed by atoms with van der Waals surface area (Å²) in [6.07, 6.45) is 3.72. The van der Waals surface area contributed by atoms with Gasteiger partial charge >= 0.3 is 6.18 Å². The van der Waals surface area contributed by atoms with Crippen molar-refractivity contribution >= 4 is 19.9 Å². The van der Waals surface area contributed by atoms with Crippen LogP contribution >= 0.6 is 0 Å². The second-order valence-electron chi connectivity index (χ2n) is 12.2. The number of carbonyl (C=O) groups is 1. The van der Waals surface area contributed by atoms with Crippen LogP contribution in [0, 0.1) is 13.8 Å². The van der Waals surface area contributed by atoms with E-state index in [2.05, 4.69) is 49.3 Å². The van der Waals surface area contributed by atoms with E-state index < -0.39 is 20.1 Å². The Balaban J connectivity index is 1.39. The number of anilines is 1. The summed E-state index contributed by atoms with van der Waals surface area (Å²) in [6.45, 7) is 15.1. The van der Waals surface area contributed by atoms with Gasteiger partial charge in [0, 0.05) is 23.9 Å². The Morgan fingerprint density at radius 1 is 1.02 bits per heavy atom. The highest BCUT2D eigenvalue weighted by Crippen LogP contribution is 2.41. The summed E-state index contributed by atoms with van der Waals surface area (Å²) in [4.78, 5) is 21.6. The summed E-state index contributed by atoms with van der Waals surface area (Å²) in [7, 11) is -1.79. The Hall–Kier alpha value is -3.05. The SMILES string of the molecule is Cc1cc(NC(=O)c2cnn(-c3ccc(C(F)(F)F)cn3)c2C)cnc1C1CCC(O[Si](C)(C)C(C)(C)C)CC1. The van der Waals surface area contributed by atoms with Gasteiger partial charge in [-0.05, 0) is 81.4 Å². The summed E-state index contributed by atoms with van der Waals surface area (Å²) in [5.41, 5.74) is 2.55. The fraction of sp³-hybridized carbons (Fsp3) is 0.517. The first kappa shape index (κ1) is 29.9. The molecular weight excluding hydrogens is 535 g/mol. The van der Waals surface area contributed by atoms with Gasteiger partial charge in [-0.1, -0.05) is 20.8 Å². The molecule has 0 atom stereocenters. The van der Waals surface area contributed by atoms with E-state index in [1.807, 2.05) is 13.0 Å². The summed E-state index contributed by atoms with van der Waals surface area (Å²) in [5.74, 6) is 0.171. The second-order valence-corrected chi connectivity index (χ2v) is 16.9. The third-order valence-corrected chi connectivity index (χ3v) is 12.8. The third-order valence-electron chi connectivity index (χ3n) is 8.25. The molecule has 0 unspecified atom stereocenters. The molecule has 1 N–H and O–H groups in total. The molecule has 1 amide bonds. The molecule has 3 aromatic rings. The number of alkyl halides is 3. The number of nitrogens with one attached hydrogen (secondary N) is 1. The van der Waals surface area contributed by atoms with E-state index in [1.165, 1.54) is 16.9 Å². The van der Waals surface area contributed by atoms with Crippen LogP contribution in [0.15, 0.2) is 36.8 Å². The molecular formula is C29H38F3N5O2Si. The maximum atomic E-state index is 13.0. The van der Waals surface area contributed by atoms with Gasteiger partial charge in [-0.3, -0.25) is 9.78 Å². The van der Waals surface area contributed by atoms with Crippen molar-refractivity contribution < 1.29 is 22.4 Å². The van der Waals surface area contributed by atoms with Crippen molar-refractivity contribution in [2.24, 2.45) is 0 Å². The minimum Gasteiger partial charge on any atom is -0.414 e. The minimum absolute atomic E-state index is 0.191. The number of aromatic nitrogens is 4. The molecule has 40 heavy (non-hydrogen) atoms. The lowest BCUT2D eigenvalue weighted by molar-refractivity contribution is -0.137. The molecule has 0 radical (unpaired) electrons. The number of halogens is 3. The number of aryl methyl sites for hydroxylation is 1. The van der Waals surface area contributed by atoms with Crippen LogP contribution in [-0.4, -0.2) is 40.1 Å². The molecule has 4 rings (SSSR count). The monoisotopic (exact) mass is 573 g/mol. The van der Waals surface area contributed by atoms with Gasteiger partial charge in [0.2, 0.25) is 0 Å². The molecule has 0 aliphatic heterocycles. The average molecular weight is 574 g/mol. The van der Waals surface area contributed by atoms with Gasteiger partial charge in [-0.25, -0.2) is 9.67 Å². The van der Waals surface area contributed by atoms with Crippen LogP contribution in [0.5, 0.6) is 0 Å². The third kappa shape index (κ3) is 6.46. The van der Waals surface area contributed by atoms with Gasteiger partial charge in [0.25, 0.3) is 5.91 Å². The topological polar surface area (TPSA) is 81.9 Å². The highest BCUT2D eigenvalue weighted by molar-refractivity contribution is 6.74. The Morgan fingerprint density at radius 2 is 1.70 bits per heavy atom. The molecule has 3 heterocycles. The van der Waals surface area contributed by atoms with Gasteiger partial charge in [-0.15, -0.1) is 0 Å².